The van der Waals surface area contributed by atoms with E-state index in [1.165, 1.54) is 28.5 Å². The van der Waals surface area contributed by atoms with Crippen LogP contribution in [-0.2, 0) is 14.4 Å². The van der Waals surface area contributed by atoms with Gasteiger partial charge in [0.2, 0.25) is 23.2 Å². The van der Waals surface area contributed by atoms with Crippen LogP contribution in [0.15, 0.2) is 84.9 Å². The number of hydrogen-bond donors (Lipinski definition) is 2. The first-order valence-electron chi connectivity index (χ1n) is 13.3. The average molecular weight is 558 g/mol. The van der Waals surface area contributed by atoms with Gasteiger partial charge in [-0.1, -0.05) is 48.5 Å². The lowest BCUT2D eigenvalue weighted by Crippen LogP contribution is -2.78. The Balaban J connectivity index is 1.74. The number of hydrogen-bond acceptors (Lipinski definition) is 6. The van der Waals surface area contributed by atoms with Crippen molar-refractivity contribution in [1.29, 1.82) is 0 Å². The van der Waals surface area contributed by atoms with Crippen molar-refractivity contribution < 1.29 is 23.9 Å². The molecule has 1 fully saturated rings. The van der Waals surface area contributed by atoms with Crippen LogP contribution in [0.4, 0.5) is 16.2 Å². The van der Waals surface area contributed by atoms with Gasteiger partial charge in [0.05, 0.1) is 0 Å². The summed E-state index contributed by atoms with van der Waals surface area (Å²) in [6, 6.07) is 24.0. The predicted molar refractivity (Wildman–Crippen MR) is 156 cm³/mol. The highest BCUT2D eigenvalue weighted by molar-refractivity contribution is 6.05. The van der Waals surface area contributed by atoms with Gasteiger partial charge in [0, 0.05) is 38.3 Å². The van der Waals surface area contributed by atoms with Crippen LogP contribution >= 0.6 is 0 Å². The van der Waals surface area contributed by atoms with Gasteiger partial charge < -0.3 is 19.9 Å². The maximum atomic E-state index is 14.2. The molecular formula is C31H35N5O5. The topological polar surface area (TPSA) is 125 Å². The van der Waals surface area contributed by atoms with Crippen LogP contribution < -0.4 is 25.6 Å². The van der Waals surface area contributed by atoms with Gasteiger partial charge in [0.25, 0.3) is 0 Å². The Morgan fingerprint density at radius 1 is 0.927 bits per heavy atom. The molecule has 0 bridgehead atoms. The Hall–Kier alpha value is -4.70. The van der Waals surface area contributed by atoms with E-state index in [0.29, 0.717) is 17.1 Å². The smallest absolute Gasteiger partial charge is 0.324 e. The fourth-order valence-electron chi connectivity index (χ4n) is 5.16. The number of likely N-dealkylation sites (N-methyl/N-ethyl adjacent to an activating group) is 1. The van der Waals surface area contributed by atoms with Crippen LogP contribution in [0.1, 0.15) is 25.8 Å². The summed E-state index contributed by atoms with van der Waals surface area (Å²) >= 11 is 0. The first-order valence-corrected chi connectivity index (χ1v) is 13.3. The minimum absolute atomic E-state index is 0.0681. The molecule has 1 heterocycles. The van der Waals surface area contributed by atoms with Crippen molar-refractivity contribution in [3.8, 4) is 5.75 Å². The molecule has 0 aliphatic carbocycles. The first-order chi connectivity index (χ1) is 19.5. The molecule has 214 valence electrons. The molecule has 0 radical (unpaired) electrons. The van der Waals surface area contributed by atoms with Crippen LogP contribution in [0, 0.1) is 6.92 Å². The number of rotatable bonds is 8. The number of ketones is 1. The summed E-state index contributed by atoms with van der Waals surface area (Å²) in [6.07, 6.45) is 0.0709. The number of nitrogens with zero attached hydrogens (tertiary/aromatic N) is 3. The van der Waals surface area contributed by atoms with Crippen molar-refractivity contribution in [2.75, 3.05) is 29.9 Å². The summed E-state index contributed by atoms with van der Waals surface area (Å²) in [5.74, 6) is -1.06. The molecule has 3 aromatic carbocycles. The SMILES string of the molecule is CC(=O)N1CCC(N)(Oc2ccccc2)C1(NC(=O)N(CC(=O)N(C)c1ccccc1)c1cccc(C)c1)C(C)=O. The predicted octanol–water partition coefficient (Wildman–Crippen LogP) is 3.45. The van der Waals surface area contributed by atoms with Gasteiger partial charge in [-0.2, -0.15) is 0 Å². The van der Waals surface area contributed by atoms with E-state index in [-0.39, 0.29) is 25.4 Å². The minimum atomic E-state index is -2.05. The van der Waals surface area contributed by atoms with E-state index in [2.05, 4.69) is 5.32 Å². The van der Waals surface area contributed by atoms with E-state index < -0.39 is 29.1 Å². The van der Waals surface area contributed by atoms with Crippen LogP contribution in [0.5, 0.6) is 5.75 Å². The summed E-state index contributed by atoms with van der Waals surface area (Å²) in [4.78, 5) is 57.8. The molecule has 4 amide bonds. The Morgan fingerprint density at radius 3 is 2.12 bits per heavy atom. The average Bonchev–Trinajstić information content (AvgIpc) is 3.24. The highest BCUT2D eigenvalue weighted by Gasteiger charge is 2.65. The molecular weight excluding hydrogens is 522 g/mol. The second-order valence-electron chi connectivity index (χ2n) is 10.1. The van der Waals surface area contributed by atoms with Gasteiger partial charge in [-0.3, -0.25) is 25.0 Å². The van der Waals surface area contributed by atoms with Crippen molar-refractivity contribution in [1.82, 2.24) is 10.2 Å². The van der Waals surface area contributed by atoms with Gasteiger partial charge in [-0.25, -0.2) is 4.79 Å². The minimum Gasteiger partial charge on any atom is -0.468 e. The maximum absolute atomic E-state index is 14.2. The van der Waals surface area contributed by atoms with E-state index in [1.807, 2.05) is 31.2 Å². The lowest BCUT2D eigenvalue weighted by Gasteiger charge is -2.45. The lowest BCUT2D eigenvalue weighted by molar-refractivity contribution is -0.153. The van der Waals surface area contributed by atoms with Crippen LogP contribution in [0.3, 0.4) is 0 Å². The number of nitrogens with two attached hydrogens (primary N) is 1. The number of para-hydroxylation sites is 2. The quantitative estimate of drug-likeness (QED) is 0.409. The lowest BCUT2D eigenvalue weighted by atomic mass is 9.92. The van der Waals surface area contributed by atoms with Crippen molar-refractivity contribution in [2.24, 2.45) is 5.73 Å². The molecule has 2 unspecified atom stereocenters. The fourth-order valence-corrected chi connectivity index (χ4v) is 5.16. The van der Waals surface area contributed by atoms with Crippen LogP contribution in [0.25, 0.3) is 0 Å². The molecule has 3 N–H and O–H groups in total. The molecule has 10 nitrogen and oxygen atoms in total. The number of likely N-dealkylation sites (tertiary alicyclic amines) is 1. The number of amides is 4. The van der Waals surface area contributed by atoms with Crippen molar-refractivity contribution in [3.63, 3.8) is 0 Å². The van der Waals surface area contributed by atoms with E-state index in [9.17, 15) is 19.2 Å². The number of nitrogens with one attached hydrogen (secondary N) is 1. The van der Waals surface area contributed by atoms with Crippen molar-refractivity contribution in [2.45, 2.75) is 38.6 Å². The zero-order valence-electron chi connectivity index (χ0n) is 23.7. The number of urea groups is 1. The summed E-state index contributed by atoms with van der Waals surface area (Å²) < 4.78 is 6.16. The molecule has 0 saturated carbocycles. The molecule has 1 aliphatic heterocycles. The molecule has 1 aliphatic rings. The Bertz CT molecular complexity index is 1430. The highest BCUT2D eigenvalue weighted by Crippen LogP contribution is 2.38. The molecule has 1 saturated heterocycles. The van der Waals surface area contributed by atoms with Gasteiger partial charge in [-0.15, -0.1) is 0 Å². The maximum Gasteiger partial charge on any atom is 0.324 e. The van der Waals surface area contributed by atoms with Crippen LogP contribution in [0.2, 0.25) is 0 Å². The van der Waals surface area contributed by atoms with Crippen molar-refractivity contribution in [3.05, 3.63) is 90.5 Å². The van der Waals surface area contributed by atoms with Crippen molar-refractivity contribution >= 4 is 35.0 Å². The third-order valence-electron chi connectivity index (χ3n) is 7.31. The zero-order chi connectivity index (χ0) is 29.8. The summed E-state index contributed by atoms with van der Waals surface area (Å²) in [5, 5.41) is 2.76. The number of Topliss-reactive ketones (excluding diaryl/α,β-unsaturated/α-hetero) is 1. The number of ether oxygens (including phenoxy) is 1. The number of anilines is 2. The number of aryl methyl sites for hydroxylation is 1. The molecule has 41 heavy (non-hydrogen) atoms. The molecule has 4 rings (SSSR count). The molecule has 10 heteroatoms. The fraction of sp³-hybridized carbons (Fsp3) is 0.290. The number of carbonyl (C=O) groups is 4. The second-order valence-corrected chi connectivity index (χ2v) is 10.1. The molecule has 2 atom stereocenters. The summed E-state index contributed by atoms with van der Waals surface area (Å²) in [6.45, 7) is 4.13. The Kier molecular flexibility index (Phi) is 8.44. The number of carbonyl (C=O) groups excluding carboxylic acids is 4. The van der Waals surface area contributed by atoms with Gasteiger partial charge in [0.15, 0.2) is 5.78 Å². The first kappa shape index (κ1) is 29.3. The molecule has 0 aromatic heterocycles. The highest BCUT2D eigenvalue weighted by atomic mass is 16.5. The van der Waals surface area contributed by atoms with Crippen LogP contribution in [-0.4, -0.2) is 60.1 Å². The molecule has 0 spiro atoms. The third-order valence-corrected chi connectivity index (χ3v) is 7.31. The Morgan fingerprint density at radius 2 is 1.54 bits per heavy atom. The summed E-state index contributed by atoms with van der Waals surface area (Å²) in [5.41, 5.74) is 4.87. The molecule has 3 aromatic rings. The van der Waals surface area contributed by atoms with E-state index in [1.54, 1.807) is 67.7 Å². The van der Waals surface area contributed by atoms with E-state index in [0.717, 1.165) is 5.56 Å². The van der Waals surface area contributed by atoms with Gasteiger partial charge in [-0.05, 0) is 55.8 Å². The van der Waals surface area contributed by atoms with E-state index in [4.69, 9.17) is 10.5 Å². The normalized spacial score (nSPS) is 19.8. The second kappa shape index (κ2) is 11.8. The largest absolute Gasteiger partial charge is 0.468 e. The van der Waals surface area contributed by atoms with Gasteiger partial charge in [0.1, 0.15) is 12.3 Å². The standard InChI is InChI=1S/C31H35N5O5/c1-22-12-11-15-26(20-22)35(21-28(39)34(4)25-13-7-5-8-14-25)29(40)33-31(23(2)37)30(32,18-19-36(31)24(3)38)41-27-16-9-6-10-17-27/h5-17,20H,18-19,21,32H2,1-4H3,(H,33,40). The Labute approximate surface area is 239 Å². The zero-order valence-corrected chi connectivity index (χ0v) is 23.7. The summed E-state index contributed by atoms with van der Waals surface area (Å²) in [7, 11) is 1.62. The number of benzene rings is 3. The van der Waals surface area contributed by atoms with Gasteiger partial charge >= 0.3 is 6.03 Å². The third kappa shape index (κ3) is 5.78. The van der Waals surface area contributed by atoms with E-state index >= 15 is 0 Å². The monoisotopic (exact) mass is 557 g/mol.